The fourth-order valence-electron chi connectivity index (χ4n) is 2.75. The van der Waals surface area contributed by atoms with Crippen LogP contribution in [-0.2, 0) is 4.79 Å². The van der Waals surface area contributed by atoms with E-state index in [0.717, 1.165) is 29.7 Å². The van der Waals surface area contributed by atoms with Crippen LogP contribution in [0, 0.1) is 5.92 Å². The number of unbranched alkanes of at least 4 members (excludes halogenated alkanes) is 1. The first kappa shape index (κ1) is 18.5. The van der Waals surface area contributed by atoms with E-state index in [0.29, 0.717) is 24.2 Å². The van der Waals surface area contributed by atoms with Crippen molar-refractivity contribution in [2.75, 3.05) is 17.7 Å². The van der Waals surface area contributed by atoms with Gasteiger partial charge in [-0.15, -0.1) is 11.3 Å². The van der Waals surface area contributed by atoms with Crippen molar-refractivity contribution in [3.05, 3.63) is 35.7 Å². The summed E-state index contributed by atoms with van der Waals surface area (Å²) in [4.78, 5) is 13.5. The number of nitrogens with one attached hydrogen (secondary N) is 1. The molecule has 1 aromatic carbocycles. The van der Waals surface area contributed by atoms with Crippen LogP contribution in [0.5, 0.6) is 0 Å². The second kappa shape index (κ2) is 9.45. The first-order chi connectivity index (χ1) is 11.6. The molecule has 0 spiro atoms. The predicted octanol–water partition coefficient (Wildman–Crippen LogP) is 4.51. The summed E-state index contributed by atoms with van der Waals surface area (Å²) >= 11 is 1.65. The molecule has 0 fully saturated rings. The summed E-state index contributed by atoms with van der Waals surface area (Å²) in [6.45, 7) is 2.25. The van der Waals surface area contributed by atoms with E-state index in [1.807, 2.05) is 35.7 Å². The molecule has 0 saturated heterocycles. The van der Waals surface area contributed by atoms with E-state index in [2.05, 4.69) is 12.2 Å². The number of carbonyl (C=O) groups excluding carboxylic acids is 1. The van der Waals surface area contributed by atoms with E-state index in [9.17, 15) is 9.90 Å². The zero-order chi connectivity index (χ0) is 17.4. The van der Waals surface area contributed by atoms with Crippen molar-refractivity contribution in [3.8, 4) is 10.4 Å². The monoisotopic (exact) mass is 346 g/mol. The number of anilines is 2. The topological polar surface area (TPSA) is 75.3 Å². The number of hydrogen-bond donors (Lipinski definition) is 3. The largest absolute Gasteiger partial charge is 0.397 e. The van der Waals surface area contributed by atoms with Crippen molar-refractivity contribution in [3.63, 3.8) is 0 Å². The number of amides is 1. The average molecular weight is 346 g/mol. The molecule has 1 atom stereocenters. The molecular formula is C19H26N2O2S. The van der Waals surface area contributed by atoms with Gasteiger partial charge >= 0.3 is 0 Å². The quantitative estimate of drug-likeness (QED) is 0.585. The lowest BCUT2D eigenvalue weighted by molar-refractivity contribution is -0.117. The fourth-order valence-corrected chi connectivity index (χ4v) is 3.47. The van der Waals surface area contributed by atoms with Crippen molar-refractivity contribution in [2.45, 2.75) is 39.0 Å². The van der Waals surface area contributed by atoms with Gasteiger partial charge in [0.15, 0.2) is 0 Å². The van der Waals surface area contributed by atoms with Crippen molar-refractivity contribution in [1.82, 2.24) is 0 Å². The number of thiophene rings is 1. The van der Waals surface area contributed by atoms with E-state index >= 15 is 0 Å². The molecule has 130 valence electrons. The first-order valence-electron chi connectivity index (χ1n) is 8.48. The number of carbonyl (C=O) groups is 1. The molecule has 5 heteroatoms. The predicted molar refractivity (Wildman–Crippen MR) is 102 cm³/mol. The number of aliphatic hydroxyl groups is 1. The number of benzene rings is 1. The minimum atomic E-state index is -0.0421. The Morgan fingerprint density at radius 3 is 2.83 bits per heavy atom. The molecule has 0 aliphatic carbocycles. The summed E-state index contributed by atoms with van der Waals surface area (Å²) in [5, 5.41) is 14.1. The van der Waals surface area contributed by atoms with Crippen molar-refractivity contribution in [1.29, 1.82) is 0 Å². The van der Waals surface area contributed by atoms with Crippen LogP contribution < -0.4 is 11.1 Å². The zero-order valence-corrected chi connectivity index (χ0v) is 14.9. The SMILES string of the molecule is CCCCC(CCO)CC(=O)Nc1cc(-c2cccs2)ccc1N. The van der Waals surface area contributed by atoms with Gasteiger partial charge < -0.3 is 16.2 Å². The normalized spacial score (nSPS) is 12.1. The molecule has 0 aliphatic heterocycles. The van der Waals surface area contributed by atoms with Crippen molar-refractivity contribution >= 4 is 28.6 Å². The maximum absolute atomic E-state index is 12.4. The summed E-state index contributed by atoms with van der Waals surface area (Å²) in [5.41, 5.74) is 8.28. The second-order valence-corrected chi connectivity index (χ2v) is 7.00. The van der Waals surface area contributed by atoms with Gasteiger partial charge in [0.2, 0.25) is 5.91 Å². The lowest BCUT2D eigenvalue weighted by atomic mass is 9.95. The Bertz CT molecular complexity index is 641. The van der Waals surface area contributed by atoms with E-state index in [1.54, 1.807) is 11.3 Å². The minimum absolute atomic E-state index is 0.0421. The second-order valence-electron chi connectivity index (χ2n) is 6.05. The van der Waals surface area contributed by atoms with Crippen LogP contribution in [0.1, 0.15) is 39.0 Å². The van der Waals surface area contributed by atoms with Crippen LogP contribution in [0.3, 0.4) is 0 Å². The lowest BCUT2D eigenvalue weighted by Crippen LogP contribution is -2.18. The van der Waals surface area contributed by atoms with Crippen molar-refractivity contribution in [2.24, 2.45) is 5.92 Å². The molecule has 0 radical (unpaired) electrons. The fraction of sp³-hybridized carbons (Fsp3) is 0.421. The number of nitrogen functional groups attached to an aromatic ring is 1. The summed E-state index contributed by atoms with van der Waals surface area (Å²) in [6, 6.07) is 9.76. The smallest absolute Gasteiger partial charge is 0.224 e. The summed E-state index contributed by atoms with van der Waals surface area (Å²) in [7, 11) is 0. The van der Waals surface area contributed by atoms with Crippen LogP contribution in [0.15, 0.2) is 35.7 Å². The van der Waals surface area contributed by atoms with Crippen LogP contribution in [0.25, 0.3) is 10.4 Å². The number of rotatable bonds is 9. The Morgan fingerprint density at radius 2 is 2.17 bits per heavy atom. The first-order valence-corrected chi connectivity index (χ1v) is 9.36. The summed E-state index contributed by atoms with van der Waals surface area (Å²) in [5.74, 6) is 0.177. The highest BCUT2D eigenvalue weighted by Gasteiger charge is 2.14. The highest BCUT2D eigenvalue weighted by Crippen LogP contribution is 2.30. The molecular weight excluding hydrogens is 320 g/mol. The van der Waals surface area contributed by atoms with E-state index < -0.39 is 0 Å². The van der Waals surface area contributed by atoms with Gasteiger partial charge in [-0.3, -0.25) is 4.79 Å². The van der Waals surface area contributed by atoms with Gasteiger partial charge in [0.1, 0.15) is 0 Å². The van der Waals surface area contributed by atoms with Gasteiger partial charge in [0, 0.05) is 17.9 Å². The van der Waals surface area contributed by atoms with Gasteiger partial charge in [-0.2, -0.15) is 0 Å². The Kier molecular flexibility index (Phi) is 7.28. The van der Waals surface area contributed by atoms with Crippen LogP contribution in [0.2, 0.25) is 0 Å². The summed E-state index contributed by atoms with van der Waals surface area (Å²) < 4.78 is 0. The molecule has 2 rings (SSSR count). The van der Waals surface area contributed by atoms with Crippen LogP contribution in [-0.4, -0.2) is 17.6 Å². The third-order valence-corrected chi connectivity index (χ3v) is 5.03. The maximum atomic E-state index is 12.4. The standard InChI is InChI=1S/C19H26N2O2S/c1-2-3-5-14(9-10-22)12-19(23)21-17-13-15(7-8-16(17)20)18-6-4-11-24-18/h4,6-8,11,13-14,22H,2-3,5,9-10,12,20H2,1H3,(H,21,23). The Balaban J connectivity index is 2.03. The third-order valence-electron chi connectivity index (χ3n) is 4.11. The van der Waals surface area contributed by atoms with Gasteiger partial charge in [-0.25, -0.2) is 0 Å². The van der Waals surface area contributed by atoms with Crippen molar-refractivity contribution < 1.29 is 9.90 Å². The third kappa shape index (κ3) is 5.35. The number of aliphatic hydroxyl groups excluding tert-OH is 1. The van der Waals surface area contributed by atoms with E-state index in [4.69, 9.17) is 5.73 Å². The lowest BCUT2D eigenvalue weighted by Gasteiger charge is -2.16. The van der Waals surface area contributed by atoms with E-state index in [1.165, 1.54) is 0 Å². The molecule has 1 aromatic heterocycles. The van der Waals surface area contributed by atoms with Gasteiger partial charge in [0.25, 0.3) is 0 Å². The Labute approximate surface area is 147 Å². The molecule has 1 amide bonds. The zero-order valence-electron chi connectivity index (χ0n) is 14.1. The maximum Gasteiger partial charge on any atom is 0.224 e. The molecule has 0 saturated carbocycles. The number of nitrogens with two attached hydrogens (primary N) is 1. The molecule has 4 N–H and O–H groups in total. The highest BCUT2D eigenvalue weighted by atomic mass is 32.1. The molecule has 4 nitrogen and oxygen atoms in total. The van der Waals surface area contributed by atoms with Gasteiger partial charge in [-0.05, 0) is 47.9 Å². The van der Waals surface area contributed by atoms with Gasteiger partial charge in [-0.1, -0.05) is 31.9 Å². The highest BCUT2D eigenvalue weighted by molar-refractivity contribution is 7.13. The molecule has 24 heavy (non-hydrogen) atoms. The van der Waals surface area contributed by atoms with E-state index in [-0.39, 0.29) is 18.4 Å². The van der Waals surface area contributed by atoms with Gasteiger partial charge in [0.05, 0.1) is 11.4 Å². The minimum Gasteiger partial charge on any atom is -0.397 e. The Hall–Kier alpha value is -1.85. The molecule has 0 aliphatic rings. The van der Waals surface area contributed by atoms with Crippen LogP contribution in [0.4, 0.5) is 11.4 Å². The molecule has 2 aromatic rings. The molecule has 0 bridgehead atoms. The molecule has 1 heterocycles. The Morgan fingerprint density at radius 1 is 1.33 bits per heavy atom. The average Bonchev–Trinajstić information content (AvgIpc) is 3.09. The molecule has 1 unspecified atom stereocenters. The summed E-state index contributed by atoms with van der Waals surface area (Å²) in [6.07, 6.45) is 4.23. The van der Waals surface area contributed by atoms with Crippen LogP contribution >= 0.6 is 11.3 Å². The number of hydrogen-bond acceptors (Lipinski definition) is 4.